The van der Waals surface area contributed by atoms with Gasteiger partial charge in [0.25, 0.3) is 11.7 Å². The van der Waals surface area contributed by atoms with E-state index in [0.29, 0.717) is 5.02 Å². The number of nitrogens with zero attached hydrogens (tertiary/aromatic N) is 1. The van der Waals surface area contributed by atoms with Gasteiger partial charge in [0.15, 0.2) is 0 Å². The summed E-state index contributed by atoms with van der Waals surface area (Å²) in [5, 5.41) is 20.0. The number of benzene rings is 2. The number of carboxylic acid groups (broad SMARTS) is 1. The number of amides is 1. The predicted octanol–water partition coefficient (Wildman–Crippen LogP) is 3.77. The quantitative estimate of drug-likeness (QED) is 0.424. The summed E-state index contributed by atoms with van der Waals surface area (Å²) in [6.45, 7) is -0.0761. The molecule has 0 aliphatic carbocycles. The number of aliphatic hydroxyl groups is 1. The van der Waals surface area contributed by atoms with Gasteiger partial charge in [0, 0.05) is 29.1 Å². The van der Waals surface area contributed by atoms with Gasteiger partial charge in [0.05, 0.1) is 11.6 Å². The molecule has 2 aromatic rings. The maximum atomic E-state index is 14.5. The number of aliphatic carboxylic acids is 1. The van der Waals surface area contributed by atoms with Crippen molar-refractivity contribution >= 4 is 35.0 Å². The minimum Gasteiger partial charge on any atom is -0.507 e. The fraction of sp³-hybridized carbons (Fsp3) is 0.190. The molecule has 3 rings (SSSR count). The van der Waals surface area contributed by atoms with Crippen LogP contribution in [0.2, 0.25) is 5.02 Å². The molecular weight excluding hydrogens is 401 g/mol. The van der Waals surface area contributed by atoms with Crippen LogP contribution in [-0.2, 0) is 14.4 Å². The molecule has 0 aromatic heterocycles. The van der Waals surface area contributed by atoms with Crippen LogP contribution < -0.4 is 0 Å². The monoisotopic (exact) mass is 417 g/mol. The van der Waals surface area contributed by atoms with E-state index in [2.05, 4.69) is 0 Å². The normalized spacial score (nSPS) is 18.3. The largest absolute Gasteiger partial charge is 0.507 e. The SMILES string of the molecule is O=C(O)CCCN1C(=O)C(=O)/C(=C(\O)c2ccc(Cl)cc2)C1c1ccccc1F. The van der Waals surface area contributed by atoms with Crippen LogP contribution in [0.3, 0.4) is 0 Å². The van der Waals surface area contributed by atoms with Crippen LogP contribution >= 0.6 is 11.6 Å². The van der Waals surface area contributed by atoms with Crippen LogP contribution in [0.25, 0.3) is 5.76 Å². The molecule has 0 radical (unpaired) electrons. The smallest absolute Gasteiger partial charge is 0.303 e. The molecule has 2 aromatic carbocycles. The van der Waals surface area contributed by atoms with E-state index >= 15 is 0 Å². The van der Waals surface area contributed by atoms with Crippen molar-refractivity contribution in [3.63, 3.8) is 0 Å². The number of hydrogen-bond donors (Lipinski definition) is 2. The summed E-state index contributed by atoms with van der Waals surface area (Å²) in [7, 11) is 0. The van der Waals surface area contributed by atoms with Crippen molar-refractivity contribution in [1.82, 2.24) is 4.90 Å². The molecule has 0 saturated carbocycles. The second-order valence-electron chi connectivity index (χ2n) is 6.52. The number of carboxylic acids is 1. The third-order valence-electron chi connectivity index (χ3n) is 4.65. The molecule has 0 bridgehead atoms. The molecule has 1 fully saturated rings. The number of Topliss-reactive ketones (excluding diaryl/α,β-unsaturated/α-hetero) is 1. The van der Waals surface area contributed by atoms with Gasteiger partial charge in [0.1, 0.15) is 11.6 Å². The Morgan fingerprint density at radius 1 is 1.07 bits per heavy atom. The van der Waals surface area contributed by atoms with Crippen LogP contribution in [0.15, 0.2) is 54.1 Å². The van der Waals surface area contributed by atoms with Gasteiger partial charge in [-0.05, 0) is 36.8 Å². The third-order valence-corrected chi connectivity index (χ3v) is 4.90. The van der Waals surface area contributed by atoms with Gasteiger partial charge in [0.2, 0.25) is 0 Å². The predicted molar refractivity (Wildman–Crippen MR) is 104 cm³/mol. The highest BCUT2D eigenvalue weighted by Gasteiger charge is 2.46. The Bertz CT molecular complexity index is 1000. The summed E-state index contributed by atoms with van der Waals surface area (Å²) < 4.78 is 14.5. The number of carbonyl (C=O) groups excluding carboxylic acids is 2. The van der Waals surface area contributed by atoms with Crippen LogP contribution in [-0.4, -0.2) is 39.3 Å². The van der Waals surface area contributed by atoms with Crippen LogP contribution in [0.1, 0.15) is 30.0 Å². The van der Waals surface area contributed by atoms with E-state index in [1.807, 2.05) is 0 Å². The summed E-state index contributed by atoms with van der Waals surface area (Å²) >= 11 is 5.85. The highest BCUT2D eigenvalue weighted by atomic mass is 35.5. The van der Waals surface area contributed by atoms with Gasteiger partial charge >= 0.3 is 5.97 Å². The summed E-state index contributed by atoms with van der Waals surface area (Å²) in [6, 6.07) is 10.4. The average molecular weight is 418 g/mol. The van der Waals surface area contributed by atoms with Crippen LogP contribution in [0.4, 0.5) is 4.39 Å². The first-order chi connectivity index (χ1) is 13.8. The molecule has 1 aliphatic heterocycles. The molecule has 1 saturated heterocycles. The first kappa shape index (κ1) is 20.5. The number of hydrogen-bond acceptors (Lipinski definition) is 4. The fourth-order valence-corrected chi connectivity index (χ4v) is 3.42. The zero-order valence-corrected chi connectivity index (χ0v) is 15.9. The van der Waals surface area contributed by atoms with E-state index in [4.69, 9.17) is 16.7 Å². The summed E-state index contributed by atoms with van der Waals surface area (Å²) in [4.78, 5) is 37.3. The third kappa shape index (κ3) is 4.14. The van der Waals surface area contributed by atoms with Crippen molar-refractivity contribution in [3.05, 3.63) is 76.1 Å². The minimum absolute atomic E-state index is 0.0394. The van der Waals surface area contributed by atoms with E-state index in [1.54, 1.807) is 6.07 Å². The lowest BCUT2D eigenvalue weighted by Gasteiger charge is -2.25. The minimum atomic E-state index is -1.17. The van der Waals surface area contributed by atoms with Gasteiger partial charge in [-0.15, -0.1) is 0 Å². The van der Waals surface area contributed by atoms with Gasteiger partial charge in [-0.2, -0.15) is 0 Å². The van der Waals surface area contributed by atoms with Crippen molar-refractivity contribution in [2.45, 2.75) is 18.9 Å². The molecule has 150 valence electrons. The van der Waals surface area contributed by atoms with Gasteiger partial charge < -0.3 is 15.1 Å². The van der Waals surface area contributed by atoms with Crippen molar-refractivity contribution < 1.29 is 29.0 Å². The van der Waals surface area contributed by atoms with Gasteiger partial charge in [-0.1, -0.05) is 29.8 Å². The number of carbonyl (C=O) groups is 3. The maximum absolute atomic E-state index is 14.5. The topological polar surface area (TPSA) is 94.9 Å². The standard InChI is InChI=1S/C21H17ClFNO5/c22-13-9-7-12(8-10-13)19(27)17-18(14-4-1-2-5-15(14)23)24(21(29)20(17)28)11-3-6-16(25)26/h1-2,4-5,7-10,18,27H,3,6,11H2,(H,25,26)/b19-17-. The molecule has 0 spiro atoms. The van der Waals surface area contributed by atoms with Gasteiger partial charge in [-0.25, -0.2) is 4.39 Å². The molecule has 2 N–H and O–H groups in total. The van der Waals surface area contributed by atoms with Crippen molar-refractivity contribution in [2.75, 3.05) is 6.54 Å². The molecule has 1 atom stereocenters. The Balaban J connectivity index is 2.12. The summed E-state index contributed by atoms with van der Waals surface area (Å²) in [6.07, 6.45) is -0.140. The van der Waals surface area contributed by atoms with E-state index < -0.39 is 35.3 Å². The molecule has 8 heteroatoms. The van der Waals surface area contributed by atoms with Crippen LogP contribution in [0, 0.1) is 5.82 Å². The molecule has 29 heavy (non-hydrogen) atoms. The molecule has 6 nitrogen and oxygen atoms in total. The van der Waals surface area contributed by atoms with Crippen molar-refractivity contribution in [2.24, 2.45) is 0 Å². The lowest BCUT2D eigenvalue weighted by molar-refractivity contribution is -0.140. The zero-order chi connectivity index (χ0) is 21.1. The zero-order valence-electron chi connectivity index (χ0n) is 15.1. The lowest BCUT2D eigenvalue weighted by atomic mass is 9.95. The number of ketones is 1. The highest BCUT2D eigenvalue weighted by Crippen LogP contribution is 2.40. The number of aliphatic hydroxyl groups excluding tert-OH is 1. The molecule has 1 unspecified atom stereocenters. The van der Waals surface area contributed by atoms with Crippen molar-refractivity contribution in [1.29, 1.82) is 0 Å². The Hall–Kier alpha value is -3.19. The number of rotatable bonds is 6. The second kappa shape index (κ2) is 8.45. The van der Waals surface area contributed by atoms with E-state index in [-0.39, 0.29) is 36.1 Å². The van der Waals surface area contributed by atoms with Crippen LogP contribution in [0.5, 0.6) is 0 Å². The fourth-order valence-electron chi connectivity index (χ4n) is 3.29. The Morgan fingerprint density at radius 3 is 2.34 bits per heavy atom. The Labute approximate surface area is 170 Å². The summed E-state index contributed by atoms with van der Waals surface area (Å²) in [5.74, 6) is -4.02. The summed E-state index contributed by atoms with van der Waals surface area (Å²) in [5.41, 5.74) is 0.0366. The number of halogens is 2. The second-order valence-corrected chi connectivity index (χ2v) is 6.95. The maximum Gasteiger partial charge on any atom is 0.303 e. The first-order valence-electron chi connectivity index (χ1n) is 8.82. The Kier molecular flexibility index (Phi) is 5.98. The Morgan fingerprint density at radius 2 is 1.72 bits per heavy atom. The number of likely N-dealkylation sites (tertiary alicyclic amines) is 1. The van der Waals surface area contributed by atoms with Crippen molar-refractivity contribution in [3.8, 4) is 0 Å². The highest BCUT2D eigenvalue weighted by molar-refractivity contribution is 6.46. The first-order valence-corrected chi connectivity index (χ1v) is 9.19. The lowest BCUT2D eigenvalue weighted by Crippen LogP contribution is -2.31. The molecule has 1 aliphatic rings. The molecule has 1 heterocycles. The van der Waals surface area contributed by atoms with E-state index in [1.165, 1.54) is 42.5 Å². The van der Waals surface area contributed by atoms with E-state index in [9.17, 15) is 23.9 Å². The molecule has 1 amide bonds. The van der Waals surface area contributed by atoms with Gasteiger partial charge in [-0.3, -0.25) is 14.4 Å². The van der Waals surface area contributed by atoms with E-state index in [0.717, 1.165) is 4.90 Å². The molecular formula is C21H17ClFNO5. The average Bonchev–Trinajstić information content (AvgIpc) is 2.93.